The maximum Gasteiger partial charge on any atom is 0.224 e. The molecule has 5 nitrogen and oxygen atoms in total. The van der Waals surface area contributed by atoms with E-state index in [0.29, 0.717) is 0 Å². The second kappa shape index (κ2) is 4.45. The van der Waals surface area contributed by atoms with Crippen LogP contribution in [0.1, 0.15) is 5.56 Å². The molecule has 0 amide bonds. The normalized spacial score (nSPS) is 9.65. The molecule has 6 heteroatoms. The van der Waals surface area contributed by atoms with Gasteiger partial charge in [0.25, 0.3) is 0 Å². The molecule has 1 aromatic carbocycles. The standard InChI is InChI=1S/C11H7FN4O/c12-8-2-1-3-9(7(8)5-13)17-11-4-10(14)15-6-16-11/h1-4,6H,(H2,14,15,16). The first kappa shape index (κ1) is 10.8. The average molecular weight is 230 g/mol. The van der Waals surface area contributed by atoms with Gasteiger partial charge in [-0.2, -0.15) is 5.26 Å². The minimum Gasteiger partial charge on any atom is -0.437 e. The van der Waals surface area contributed by atoms with E-state index in [2.05, 4.69) is 9.97 Å². The molecule has 0 atom stereocenters. The van der Waals surface area contributed by atoms with Gasteiger partial charge in [-0.15, -0.1) is 0 Å². The lowest BCUT2D eigenvalue weighted by molar-refractivity contribution is 0.455. The van der Waals surface area contributed by atoms with E-state index in [1.54, 1.807) is 6.07 Å². The molecule has 2 rings (SSSR count). The Morgan fingerprint density at radius 1 is 1.35 bits per heavy atom. The van der Waals surface area contributed by atoms with Gasteiger partial charge in [-0.25, -0.2) is 14.4 Å². The van der Waals surface area contributed by atoms with Crippen LogP contribution in [0, 0.1) is 17.1 Å². The van der Waals surface area contributed by atoms with Gasteiger partial charge < -0.3 is 10.5 Å². The molecule has 2 aromatic rings. The van der Waals surface area contributed by atoms with Crippen molar-refractivity contribution in [3.63, 3.8) is 0 Å². The van der Waals surface area contributed by atoms with E-state index in [4.69, 9.17) is 15.7 Å². The zero-order chi connectivity index (χ0) is 12.3. The number of anilines is 1. The van der Waals surface area contributed by atoms with E-state index in [1.165, 1.54) is 30.6 Å². The van der Waals surface area contributed by atoms with Crippen molar-refractivity contribution in [2.45, 2.75) is 0 Å². The van der Waals surface area contributed by atoms with E-state index >= 15 is 0 Å². The highest BCUT2D eigenvalue weighted by Gasteiger charge is 2.10. The summed E-state index contributed by atoms with van der Waals surface area (Å²) in [7, 11) is 0. The summed E-state index contributed by atoms with van der Waals surface area (Å²) in [5.41, 5.74) is 5.27. The topological polar surface area (TPSA) is 84.8 Å². The number of hydrogen-bond donors (Lipinski definition) is 1. The summed E-state index contributed by atoms with van der Waals surface area (Å²) in [5.74, 6) is -0.179. The highest BCUT2D eigenvalue weighted by atomic mass is 19.1. The molecule has 0 saturated carbocycles. The van der Waals surface area contributed by atoms with Gasteiger partial charge in [0, 0.05) is 6.07 Å². The zero-order valence-electron chi connectivity index (χ0n) is 8.59. The fraction of sp³-hybridized carbons (Fsp3) is 0. The van der Waals surface area contributed by atoms with Crippen molar-refractivity contribution in [2.24, 2.45) is 0 Å². The Morgan fingerprint density at radius 2 is 2.18 bits per heavy atom. The molecule has 0 aliphatic heterocycles. The number of nitrogens with two attached hydrogens (primary N) is 1. The van der Waals surface area contributed by atoms with Gasteiger partial charge in [0.15, 0.2) is 0 Å². The molecule has 17 heavy (non-hydrogen) atoms. The van der Waals surface area contributed by atoms with Crippen LogP contribution in [0.25, 0.3) is 0 Å². The summed E-state index contributed by atoms with van der Waals surface area (Å²) in [6.45, 7) is 0. The van der Waals surface area contributed by atoms with Crippen molar-refractivity contribution in [1.82, 2.24) is 9.97 Å². The number of nitrogens with zero attached hydrogens (tertiary/aromatic N) is 3. The molecule has 0 spiro atoms. The largest absolute Gasteiger partial charge is 0.437 e. The second-order valence-electron chi connectivity index (χ2n) is 3.11. The van der Waals surface area contributed by atoms with Crippen molar-refractivity contribution in [3.05, 3.63) is 42.0 Å². The van der Waals surface area contributed by atoms with Crippen LogP contribution in [0.4, 0.5) is 10.2 Å². The van der Waals surface area contributed by atoms with Crippen LogP contribution in [0.15, 0.2) is 30.6 Å². The molecular weight excluding hydrogens is 223 g/mol. The summed E-state index contributed by atoms with van der Waals surface area (Å²) in [6, 6.07) is 7.20. The van der Waals surface area contributed by atoms with Crippen molar-refractivity contribution in [3.8, 4) is 17.7 Å². The lowest BCUT2D eigenvalue weighted by Gasteiger charge is -2.06. The first-order valence-electron chi connectivity index (χ1n) is 4.64. The molecule has 0 fully saturated rings. The van der Waals surface area contributed by atoms with Crippen LogP contribution < -0.4 is 10.5 Å². The molecule has 2 N–H and O–H groups in total. The number of ether oxygens (including phenoxy) is 1. The molecule has 1 aromatic heterocycles. The van der Waals surface area contributed by atoms with Crippen LogP contribution in [0.3, 0.4) is 0 Å². The van der Waals surface area contributed by atoms with E-state index in [-0.39, 0.29) is 23.0 Å². The Bertz CT molecular complexity index is 594. The van der Waals surface area contributed by atoms with Crippen LogP contribution in [0.5, 0.6) is 11.6 Å². The molecule has 0 aliphatic rings. The molecule has 0 radical (unpaired) electrons. The Balaban J connectivity index is 2.37. The molecule has 0 saturated heterocycles. The van der Waals surface area contributed by atoms with Crippen LogP contribution in [-0.4, -0.2) is 9.97 Å². The number of halogens is 1. The third-order valence-corrected chi connectivity index (χ3v) is 1.96. The van der Waals surface area contributed by atoms with Gasteiger partial charge >= 0.3 is 0 Å². The Labute approximate surface area is 96.3 Å². The number of rotatable bonds is 2. The van der Waals surface area contributed by atoms with Gasteiger partial charge in [0.2, 0.25) is 5.88 Å². The average Bonchev–Trinajstić information content (AvgIpc) is 2.29. The fourth-order valence-electron chi connectivity index (χ4n) is 1.22. The van der Waals surface area contributed by atoms with Crippen LogP contribution >= 0.6 is 0 Å². The minimum absolute atomic E-state index is 0.0885. The predicted octanol–water partition coefficient (Wildman–Crippen LogP) is 1.86. The van der Waals surface area contributed by atoms with Gasteiger partial charge in [0.1, 0.15) is 35.3 Å². The van der Waals surface area contributed by atoms with Gasteiger partial charge in [-0.05, 0) is 12.1 Å². The van der Waals surface area contributed by atoms with E-state index in [9.17, 15) is 4.39 Å². The Morgan fingerprint density at radius 3 is 2.88 bits per heavy atom. The van der Waals surface area contributed by atoms with Gasteiger partial charge in [0.05, 0.1) is 0 Å². The number of nitriles is 1. The highest BCUT2D eigenvalue weighted by Crippen LogP contribution is 2.25. The molecule has 84 valence electrons. The Kier molecular flexibility index (Phi) is 2.83. The smallest absolute Gasteiger partial charge is 0.224 e. The van der Waals surface area contributed by atoms with Gasteiger partial charge in [-0.1, -0.05) is 6.07 Å². The monoisotopic (exact) mass is 230 g/mol. The molecule has 0 aliphatic carbocycles. The third kappa shape index (κ3) is 2.29. The zero-order valence-corrected chi connectivity index (χ0v) is 8.59. The predicted molar refractivity (Wildman–Crippen MR) is 57.6 cm³/mol. The summed E-state index contributed by atoms with van der Waals surface area (Å²) >= 11 is 0. The number of nitrogen functional groups attached to an aromatic ring is 1. The SMILES string of the molecule is N#Cc1c(F)cccc1Oc1cc(N)ncn1. The lowest BCUT2D eigenvalue weighted by atomic mass is 10.2. The molecule has 0 unspecified atom stereocenters. The summed E-state index contributed by atoms with van der Waals surface area (Å²) in [4.78, 5) is 7.48. The Hall–Kier alpha value is -2.68. The first-order valence-corrected chi connectivity index (χ1v) is 4.64. The van der Waals surface area contributed by atoms with Crippen molar-refractivity contribution in [1.29, 1.82) is 5.26 Å². The van der Waals surface area contributed by atoms with Crippen molar-refractivity contribution >= 4 is 5.82 Å². The second-order valence-corrected chi connectivity index (χ2v) is 3.11. The van der Waals surface area contributed by atoms with E-state index < -0.39 is 5.82 Å². The first-order chi connectivity index (χ1) is 8.20. The number of hydrogen-bond acceptors (Lipinski definition) is 5. The minimum atomic E-state index is -0.646. The van der Waals surface area contributed by atoms with Crippen molar-refractivity contribution < 1.29 is 9.13 Å². The fourth-order valence-corrected chi connectivity index (χ4v) is 1.22. The number of aromatic nitrogens is 2. The quantitative estimate of drug-likeness (QED) is 0.851. The third-order valence-electron chi connectivity index (χ3n) is 1.96. The van der Waals surface area contributed by atoms with Crippen LogP contribution in [0.2, 0.25) is 0 Å². The maximum atomic E-state index is 13.3. The summed E-state index contributed by atoms with van der Waals surface area (Å²) in [5, 5.41) is 8.80. The van der Waals surface area contributed by atoms with Gasteiger partial charge in [-0.3, -0.25) is 0 Å². The summed E-state index contributed by atoms with van der Waals surface area (Å²) < 4.78 is 18.5. The maximum absolute atomic E-state index is 13.3. The molecule has 1 heterocycles. The van der Waals surface area contributed by atoms with E-state index in [1.807, 2.05) is 0 Å². The molecule has 0 bridgehead atoms. The summed E-state index contributed by atoms with van der Waals surface area (Å²) in [6.07, 6.45) is 1.22. The molecular formula is C11H7FN4O. The number of benzene rings is 1. The lowest BCUT2D eigenvalue weighted by Crippen LogP contribution is -1.96. The highest BCUT2D eigenvalue weighted by molar-refractivity contribution is 5.46. The van der Waals surface area contributed by atoms with E-state index in [0.717, 1.165) is 0 Å². The van der Waals surface area contributed by atoms with Crippen molar-refractivity contribution in [2.75, 3.05) is 5.73 Å². The van der Waals surface area contributed by atoms with Crippen LogP contribution in [-0.2, 0) is 0 Å².